The standard InChI is InChI=1S/C22H34N4O2/c1-18-5-7-20(8-6-18)24-22(28)26-14-9-19(10-15-26)17-21(27)23-11-16-25-12-3-2-4-13-25/h5-8,19H,2-4,9-17H2,1H3,(H,23,27)(H,24,28). The van der Waals surface area contributed by atoms with E-state index in [4.69, 9.17) is 0 Å². The molecular formula is C22H34N4O2. The van der Waals surface area contributed by atoms with Crippen LogP contribution in [0.1, 0.15) is 44.1 Å². The smallest absolute Gasteiger partial charge is 0.321 e. The quantitative estimate of drug-likeness (QED) is 0.789. The molecule has 0 bridgehead atoms. The van der Waals surface area contributed by atoms with Crippen LogP contribution in [0.3, 0.4) is 0 Å². The summed E-state index contributed by atoms with van der Waals surface area (Å²) in [6.45, 7) is 7.49. The molecule has 0 aliphatic carbocycles. The van der Waals surface area contributed by atoms with Gasteiger partial charge in [-0.25, -0.2) is 4.79 Å². The number of benzene rings is 1. The molecule has 2 saturated heterocycles. The molecule has 0 aromatic heterocycles. The first kappa shape index (κ1) is 20.6. The van der Waals surface area contributed by atoms with E-state index in [-0.39, 0.29) is 11.9 Å². The molecule has 0 atom stereocenters. The minimum Gasteiger partial charge on any atom is -0.355 e. The van der Waals surface area contributed by atoms with Gasteiger partial charge in [-0.15, -0.1) is 0 Å². The first-order chi connectivity index (χ1) is 13.6. The molecule has 0 saturated carbocycles. The van der Waals surface area contributed by atoms with Gasteiger partial charge >= 0.3 is 6.03 Å². The van der Waals surface area contributed by atoms with Crippen molar-refractivity contribution in [2.24, 2.45) is 5.92 Å². The number of likely N-dealkylation sites (tertiary alicyclic amines) is 2. The van der Waals surface area contributed by atoms with Gasteiger partial charge in [0.2, 0.25) is 5.91 Å². The summed E-state index contributed by atoms with van der Waals surface area (Å²) < 4.78 is 0. The lowest BCUT2D eigenvalue weighted by Crippen LogP contribution is -2.42. The van der Waals surface area contributed by atoms with E-state index in [9.17, 15) is 9.59 Å². The summed E-state index contributed by atoms with van der Waals surface area (Å²) in [5, 5.41) is 6.03. The molecule has 2 aliphatic heterocycles. The Kier molecular flexibility index (Phi) is 7.71. The number of urea groups is 1. The molecule has 3 rings (SSSR count). The molecule has 28 heavy (non-hydrogen) atoms. The lowest BCUT2D eigenvalue weighted by molar-refractivity contribution is -0.122. The van der Waals surface area contributed by atoms with E-state index < -0.39 is 0 Å². The monoisotopic (exact) mass is 386 g/mol. The molecule has 2 N–H and O–H groups in total. The van der Waals surface area contributed by atoms with Gasteiger partial charge in [0, 0.05) is 38.3 Å². The van der Waals surface area contributed by atoms with Gasteiger partial charge in [0.1, 0.15) is 0 Å². The van der Waals surface area contributed by atoms with Crippen molar-refractivity contribution in [3.05, 3.63) is 29.8 Å². The van der Waals surface area contributed by atoms with Gasteiger partial charge in [-0.2, -0.15) is 0 Å². The van der Waals surface area contributed by atoms with E-state index in [0.29, 0.717) is 25.4 Å². The Morgan fingerprint density at radius 1 is 1.00 bits per heavy atom. The lowest BCUT2D eigenvalue weighted by Gasteiger charge is -2.32. The normalized spacial score (nSPS) is 18.7. The highest BCUT2D eigenvalue weighted by Crippen LogP contribution is 2.21. The highest BCUT2D eigenvalue weighted by molar-refractivity contribution is 5.89. The molecule has 1 aromatic carbocycles. The molecule has 6 nitrogen and oxygen atoms in total. The molecule has 0 spiro atoms. The molecular weight excluding hydrogens is 352 g/mol. The second-order valence-corrected chi connectivity index (χ2v) is 8.18. The number of nitrogens with zero attached hydrogens (tertiary/aromatic N) is 2. The van der Waals surface area contributed by atoms with E-state index >= 15 is 0 Å². The Hall–Kier alpha value is -2.08. The average molecular weight is 387 g/mol. The zero-order valence-electron chi connectivity index (χ0n) is 17.1. The first-order valence-electron chi connectivity index (χ1n) is 10.7. The van der Waals surface area contributed by atoms with E-state index in [1.54, 1.807) is 0 Å². The average Bonchev–Trinajstić information content (AvgIpc) is 2.71. The number of aryl methyl sites for hydroxylation is 1. The van der Waals surface area contributed by atoms with E-state index in [2.05, 4.69) is 15.5 Å². The molecule has 3 amide bonds. The van der Waals surface area contributed by atoms with Crippen molar-refractivity contribution >= 4 is 17.6 Å². The Labute approximate surface area is 168 Å². The topological polar surface area (TPSA) is 64.7 Å². The van der Waals surface area contributed by atoms with Gasteiger partial charge < -0.3 is 20.4 Å². The number of anilines is 1. The van der Waals surface area contributed by atoms with Crippen LogP contribution in [0.15, 0.2) is 24.3 Å². The number of rotatable bonds is 6. The third-order valence-corrected chi connectivity index (χ3v) is 5.88. The van der Waals surface area contributed by atoms with Crippen LogP contribution in [0.25, 0.3) is 0 Å². The van der Waals surface area contributed by atoms with Crippen LogP contribution in [-0.2, 0) is 4.79 Å². The predicted octanol–water partition coefficient (Wildman–Crippen LogP) is 3.23. The van der Waals surface area contributed by atoms with E-state index in [0.717, 1.165) is 31.6 Å². The van der Waals surface area contributed by atoms with Crippen LogP contribution in [0.2, 0.25) is 0 Å². The summed E-state index contributed by atoms with van der Waals surface area (Å²) in [7, 11) is 0. The fourth-order valence-electron chi connectivity index (χ4n) is 4.05. The van der Waals surface area contributed by atoms with E-state index in [1.807, 2.05) is 36.1 Å². The number of nitrogens with one attached hydrogen (secondary N) is 2. The van der Waals surface area contributed by atoms with Crippen LogP contribution in [-0.4, -0.2) is 61.0 Å². The van der Waals surface area contributed by atoms with Gasteiger partial charge in [0.25, 0.3) is 0 Å². The van der Waals surface area contributed by atoms with Crippen molar-refractivity contribution < 1.29 is 9.59 Å². The van der Waals surface area contributed by atoms with Gasteiger partial charge in [0.05, 0.1) is 0 Å². The highest BCUT2D eigenvalue weighted by Gasteiger charge is 2.24. The summed E-state index contributed by atoms with van der Waals surface area (Å²) in [5.74, 6) is 0.526. The largest absolute Gasteiger partial charge is 0.355 e. The zero-order chi connectivity index (χ0) is 19.8. The summed E-state index contributed by atoms with van der Waals surface area (Å²) in [6.07, 6.45) is 6.26. The highest BCUT2D eigenvalue weighted by atomic mass is 16.2. The number of carbonyl (C=O) groups excluding carboxylic acids is 2. The van der Waals surface area contributed by atoms with Crippen LogP contribution in [0.4, 0.5) is 10.5 Å². The molecule has 2 aliphatic rings. The van der Waals surface area contributed by atoms with Crippen molar-refractivity contribution in [2.75, 3.05) is 44.6 Å². The molecule has 2 heterocycles. The van der Waals surface area contributed by atoms with Gasteiger partial charge in [-0.3, -0.25) is 4.79 Å². The summed E-state index contributed by atoms with van der Waals surface area (Å²) in [6, 6.07) is 7.79. The fraction of sp³-hybridized carbons (Fsp3) is 0.636. The predicted molar refractivity (Wildman–Crippen MR) is 112 cm³/mol. The number of hydrogen-bond acceptors (Lipinski definition) is 3. The summed E-state index contributed by atoms with van der Waals surface area (Å²) in [5.41, 5.74) is 2.00. The number of piperidine rings is 2. The van der Waals surface area contributed by atoms with Crippen LogP contribution in [0, 0.1) is 12.8 Å². The second-order valence-electron chi connectivity index (χ2n) is 8.18. The molecule has 1 aromatic rings. The summed E-state index contributed by atoms with van der Waals surface area (Å²) >= 11 is 0. The first-order valence-corrected chi connectivity index (χ1v) is 10.7. The number of hydrogen-bond donors (Lipinski definition) is 2. The maximum Gasteiger partial charge on any atom is 0.321 e. The number of amides is 3. The van der Waals surface area contributed by atoms with Crippen molar-refractivity contribution in [3.8, 4) is 0 Å². The van der Waals surface area contributed by atoms with Gasteiger partial charge in [0.15, 0.2) is 0 Å². The van der Waals surface area contributed by atoms with Gasteiger partial charge in [-0.05, 0) is 63.7 Å². The Balaban J connectivity index is 1.31. The van der Waals surface area contributed by atoms with Crippen molar-refractivity contribution in [3.63, 3.8) is 0 Å². The van der Waals surface area contributed by atoms with Gasteiger partial charge in [-0.1, -0.05) is 24.1 Å². The molecule has 154 valence electrons. The molecule has 0 unspecified atom stereocenters. The van der Waals surface area contributed by atoms with Crippen LogP contribution in [0.5, 0.6) is 0 Å². The Morgan fingerprint density at radius 2 is 1.68 bits per heavy atom. The second kappa shape index (κ2) is 10.5. The molecule has 2 fully saturated rings. The molecule has 0 radical (unpaired) electrons. The van der Waals surface area contributed by atoms with E-state index in [1.165, 1.54) is 37.9 Å². The maximum atomic E-state index is 12.4. The SMILES string of the molecule is Cc1ccc(NC(=O)N2CCC(CC(=O)NCCN3CCCCC3)CC2)cc1. The maximum absolute atomic E-state index is 12.4. The fourth-order valence-corrected chi connectivity index (χ4v) is 4.05. The minimum atomic E-state index is -0.0479. The van der Waals surface area contributed by atoms with Crippen LogP contribution < -0.4 is 10.6 Å². The zero-order valence-corrected chi connectivity index (χ0v) is 17.1. The van der Waals surface area contributed by atoms with Crippen molar-refractivity contribution in [1.82, 2.24) is 15.1 Å². The lowest BCUT2D eigenvalue weighted by atomic mass is 9.93. The van der Waals surface area contributed by atoms with Crippen molar-refractivity contribution in [1.29, 1.82) is 0 Å². The third kappa shape index (κ3) is 6.51. The van der Waals surface area contributed by atoms with Crippen molar-refractivity contribution in [2.45, 2.75) is 45.4 Å². The Bertz CT molecular complexity index is 632. The Morgan fingerprint density at radius 3 is 2.36 bits per heavy atom. The minimum absolute atomic E-state index is 0.0479. The molecule has 6 heteroatoms. The van der Waals surface area contributed by atoms with Crippen LogP contribution >= 0.6 is 0 Å². The third-order valence-electron chi connectivity index (χ3n) is 5.88. The number of carbonyl (C=O) groups is 2. The summed E-state index contributed by atoms with van der Waals surface area (Å²) in [4.78, 5) is 28.9.